The lowest BCUT2D eigenvalue weighted by molar-refractivity contribution is -0.116. The molecule has 2 aliphatic rings. The van der Waals surface area contributed by atoms with Crippen LogP contribution in [0.3, 0.4) is 0 Å². The van der Waals surface area contributed by atoms with Crippen molar-refractivity contribution in [1.29, 1.82) is 0 Å². The van der Waals surface area contributed by atoms with E-state index in [0.29, 0.717) is 53.6 Å². The second-order valence-corrected chi connectivity index (χ2v) is 9.35. The van der Waals surface area contributed by atoms with E-state index in [1.54, 1.807) is 31.4 Å². The molecule has 0 bridgehead atoms. The first-order chi connectivity index (χ1) is 15.8. The molecule has 0 saturated carbocycles. The second-order valence-electron chi connectivity index (χ2n) is 8.56. The van der Waals surface area contributed by atoms with Crippen molar-refractivity contribution in [3.63, 3.8) is 0 Å². The summed E-state index contributed by atoms with van der Waals surface area (Å²) in [6.45, 7) is 4.77. The van der Waals surface area contributed by atoms with Gasteiger partial charge in [-0.15, -0.1) is 0 Å². The minimum atomic E-state index is -0.110. The van der Waals surface area contributed by atoms with E-state index in [0.717, 1.165) is 15.6 Å². The monoisotopic (exact) mass is 514 g/mol. The highest BCUT2D eigenvalue weighted by Crippen LogP contribution is 2.51. The second kappa shape index (κ2) is 9.47. The van der Waals surface area contributed by atoms with Gasteiger partial charge in [0.25, 0.3) is 0 Å². The minimum Gasteiger partial charge on any atom is -0.492 e. The number of benzene rings is 2. The summed E-state index contributed by atoms with van der Waals surface area (Å²) >= 11 is 3.65. The third-order valence-corrected chi connectivity index (χ3v) is 6.54. The van der Waals surface area contributed by atoms with Crippen molar-refractivity contribution in [2.45, 2.75) is 26.7 Å². The zero-order chi connectivity index (χ0) is 23.7. The lowest BCUT2D eigenvalue weighted by atomic mass is 10.0. The molecule has 174 valence electrons. The van der Waals surface area contributed by atoms with E-state index in [9.17, 15) is 9.59 Å². The van der Waals surface area contributed by atoms with Gasteiger partial charge >= 0.3 is 0 Å². The van der Waals surface area contributed by atoms with Gasteiger partial charge in [-0.1, -0.05) is 13.8 Å². The van der Waals surface area contributed by atoms with Crippen LogP contribution in [0.4, 0.5) is 5.69 Å². The molecule has 33 heavy (non-hydrogen) atoms. The molecule has 0 fully saturated rings. The summed E-state index contributed by atoms with van der Waals surface area (Å²) in [5.41, 5.74) is 3.57. The topological polar surface area (TPSA) is 77.1 Å². The zero-order valence-corrected chi connectivity index (χ0v) is 20.7. The van der Waals surface area contributed by atoms with E-state index in [1.807, 2.05) is 31.9 Å². The molecular weight excluding hydrogens is 488 g/mol. The molecule has 0 radical (unpaired) electrons. The van der Waals surface area contributed by atoms with Crippen LogP contribution in [-0.4, -0.2) is 44.1 Å². The van der Waals surface area contributed by atoms with E-state index in [4.69, 9.17) is 14.2 Å². The number of allylic oxidation sites excluding steroid dienone is 1. The lowest BCUT2D eigenvalue weighted by Crippen LogP contribution is -2.24. The summed E-state index contributed by atoms with van der Waals surface area (Å²) in [6, 6.07) is 6.99. The number of ether oxygens (including phenoxy) is 3. The number of methoxy groups -OCH3 is 1. The fourth-order valence-corrected chi connectivity index (χ4v) is 4.75. The number of rotatable bonds is 6. The van der Waals surface area contributed by atoms with Crippen molar-refractivity contribution >= 4 is 39.4 Å². The maximum absolute atomic E-state index is 13.5. The highest BCUT2D eigenvalue weighted by atomic mass is 79.9. The first kappa shape index (κ1) is 23.2. The Balaban J connectivity index is 1.66. The predicted molar refractivity (Wildman–Crippen MR) is 130 cm³/mol. The van der Waals surface area contributed by atoms with E-state index >= 15 is 0 Å². The molecule has 4 rings (SSSR count). The largest absolute Gasteiger partial charge is 0.492 e. The van der Waals surface area contributed by atoms with Crippen LogP contribution in [0.2, 0.25) is 0 Å². The molecule has 7 nitrogen and oxygen atoms in total. The Bertz CT molecular complexity index is 1120. The Morgan fingerprint density at radius 3 is 2.55 bits per heavy atom. The third kappa shape index (κ3) is 4.57. The summed E-state index contributed by atoms with van der Waals surface area (Å²) in [4.78, 5) is 27.4. The van der Waals surface area contributed by atoms with Crippen molar-refractivity contribution in [3.8, 4) is 17.2 Å². The van der Waals surface area contributed by atoms with Gasteiger partial charge in [-0.3, -0.25) is 9.59 Å². The van der Waals surface area contributed by atoms with Crippen molar-refractivity contribution in [2.24, 2.45) is 5.92 Å². The maximum atomic E-state index is 13.5. The van der Waals surface area contributed by atoms with Crippen LogP contribution in [0.25, 0.3) is 6.08 Å². The van der Waals surface area contributed by atoms with Crippen LogP contribution < -0.4 is 19.5 Å². The molecule has 2 aliphatic heterocycles. The average Bonchev–Trinajstić information content (AvgIpc) is 3.19. The number of Topliss-reactive ketones (excluding diaryl/α,β-unsaturated/α-hetero) is 1. The van der Waals surface area contributed by atoms with Gasteiger partial charge in [0.2, 0.25) is 24.2 Å². The highest BCUT2D eigenvalue weighted by molar-refractivity contribution is 9.10. The Kier molecular flexibility index (Phi) is 6.65. The van der Waals surface area contributed by atoms with Gasteiger partial charge in [-0.2, -0.15) is 0 Å². The van der Waals surface area contributed by atoms with Gasteiger partial charge in [0, 0.05) is 36.8 Å². The summed E-state index contributed by atoms with van der Waals surface area (Å²) in [5, 5.41) is 2.87. The van der Waals surface area contributed by atoms with Gasteiger partial charge < -0.3 is 24.4 Å². The number of likely N-dealkylation sites (N-methyl/N-ethyl adjacent to an activating group) is 1. The first-order valence-corrected chi connectivity index (χ1v) is 11.6. The molecule has 1 amide bonds. The number of nitrogens with zero attached hydrogens (tertiary/aromatic N) is 1. The molecule has 0 aliphatic carbocycles. The average molecular weight is 515 g/mol. The Labute approximate surface area is 201 Å². The number of fused-ring (bicyclic) bond motifs is 2. The number of amides is 1. The fraction of sp³-hybridized carbons (Fsp3) is 0.360. The smallest absolute Gasteiger partial charge is 0.231 e. The molecule has 2 heterocycles. The Morgan fingerprint density at radius 1 is 1.18 bits per heavy atom. The normalized spacial score (nSPS) is 14.5. The summed E-state index contributed by atoms with van der Waals surface area (Å²) in [7, 11) is 3.49. The van der Waals surface area contributed by atoms with Crippen LogP contribution in [0, 0.1) is 5.92 Å². The van der Waals surface area contributed by atoms with Gasteiger partial charge in [0.1, 0.15) is 0 Å². The number of anilines is 1. The molecule has 0 atom stereocenters. The number of carbonyl (C=O) groups excluding carboxylic acids is 2. The van der Waals surface area contributed by atoms with Gasteiger partial charge in [-0.05, 0) is 64.2 Å². The van der Waals surface area contributed by atoms with Crippen LogP contribution in [-0.2, 0) is 11.2 Å². The zero-order valence-electron chi connectivity index (χ0n) is 19.2. The number of hydrogen-bond acceptors (Lipinski definition) is 6. The van der Waals surface area contributed by atoms with Crippen molar-refractivity contribution in [2.75, 3.05) is 32.8 Å². The van der Waals surface area contributed by atoms with Crippen molar-refractivity contribution in [3.05, 3.63) is 51.1 Å². The molecule has 2 aromatic rings. The van der Waals surface area contributed by atoms with E-state index in [1.165, 1.54) is 0 Å². The molecule has 0 saturated heterocycles. The number of nitrogens with one attached hydrogen (secondary N) is 1. The van der Waals surface area contributed by atoms with Crippen LogP contribution in [0.5, 0.6) is 17.2 Å². The van der Waals surface area contributed by atoms with E-state index in [2.05, 4.69) is 21.2 Å². The Hall–Kier alpha value is -3.00. The van der Waals surface area contributed by atoms with Gasteiger partial charge in [-0.25, -0.2) is 0 Å². The molecular formula is C25H27BrN2O5. The third-order valence-electron chi connectivity index (χ3n) is 5.70. The Morgan fingerprint density at radius 2 is 1.88 bits per heavy atom. The minimum absolute atomic E-state index is 0.0386. The molecule has 0 aromatic heterocycles. The highest BCUT2D eigenvalue weighted by Gasteiger charge is 2.31. The molecule has 8 heteroatoms. The predicted octanol–water partition coefficient (Wildman–Crippen LogP) is 4.88. The van der Waals surface area contributed by atoms with Gasteiger partial charge in [0.15, 0.2) is 11.5 Å². The first-order valence-electron chi connectivity index (χ1n) is 10.9. The van der Waals surface area contributed by atoms with Crippen LogP contribution in [0.1, 0.15) is 41.8 Å². The molecule has 1 N–H and O–H groups in total. The SMILES string of the molecule is COc1c2c(c(Br)c3c1OCO3)CCN(C)C(C(=O)c1ccc(NC(=O)CC(C)C)cc1)=C2. The van der Waals surface area contributed by atoms with Crippen LogP contribution in [0.15, 0.2) is 34.4 Å². The summed E-state index contributed by atoms with van der Waals surface area (Å²) < 4.78 is 17.8. The number of halogens is 1. The summed E-state index contributed by atoms with van der Waals surface area (Å²) in [6.07, 6.45) is 3.01. The van der Waals surface area contributed by atoms with Crippen molar-refractivity contribution < 1.29 is 23.8 Å². The standard InChI is InChI=1S/C25H27BrN2O5/c1-14(2)11-20(29)27-16-7-5-15(6-8-16)22(30)19-12-18-17(9-10-28(19)3)21(26)24-25(23(18)31-4)33-13-32-24/h5-8,12,14H,9-11,13H2,1-4H3,(H,27,29). The summed E-state index contributed by atoms with van der Waals surface area (Å²) in [5.74, 6) is 1.86. The fourth-order valence-electron chi connectivity index (χ4n) is 4.05. The van der Waals surface area contributed by atoms with Crippen LogP contribution >= 0.6 is 15.9 Å². The number of ketones is 1. The quantitative estimate of drug-likeness (QED) is 0.553. The van der Waals surface area contributed by atoms with E-state index < -0.39 is 0 Å². The van der Waals surface area contributed by atoms with E-state index in [-0.39, 0.29) is 24.4 Å². The number of hydrogen-bond donors (Lipinski definition) is 1. The molecule has 2 aromatic carbocycles. The number of carbonyl (C=O) groups is 2. The molecule has 0 unspecified atom stereocenters. The lowest BCUT2D eigenvalue weighted by Gasteiger charge is -2.20. The molecule has 0 spiro atoms. The van der Waals surface area contributed by atoms with Gasteiger partial charge in [0.05, 0.1) is 17.3 Å². The van der Waals surface area contributed by atoms with Crippen molar-refractivity contribution in [1.82, 2.24) is 4.90 Å². The maximum Gasteiger partial charge on any atom is 0.231 e.